The van der Waals surface area contributed by atoms with Crippen LogP contribution in [0, 0.1) is 11.2 Å². The van der Waals surface area contributed by atoms with Crippen molar-refractivity contribution in [2.45, 2.75) is 32.1 Å². The molecule has 8 heteroatoms. The summed E-state index contributed by atoms with van der Waals surface area (Å²) in [5.41, 5.74) is 4.33. The molecule has 0 bridgehead atoms. The quantitative estimate of drug-likeness (QED) is 0.395. The number of hydrogen-bond donors (Lipinski definition) is 1. The summed E-state index contributed by atoms with van der Waals surface area (Å²) in [6.07, 6.45) is 4.88. The number of nitrogens with one attached hydrogen (secondary N) is 1. The molecule has 196 valence electrons. The molecule has 38 heavy (non-hydrogen) atoms. The van der Waals surface area contributed by atoms with E-state index in [2.05, 4.69) is 11.4 Å². The lowest BCUT2D eigenvalue weighted by molar-refractivity contribution is 0.0984. The van der Waals surface area contributed by atoms with Crippen LogP contribution < -0.4 is 10.2 Å². The molecule has 1 heterocycles. The second-order valence-corrected chi connectivity index (χ2v) is 10.6. The molecule has 1 unspecified atom stereocenters. The predicted molar refractivity (Wildman–Crippen MR) is 150 cm³/mol. The molecule has 1 fully saturated rings. The fraction of sp³-hybridized carbons (Fsp3) is 0.300. The van der Waals surface area contributed by atoms with Crippen molar-refractivity contribution in [1.82, 2.24) is 5.01 Å². The lowest BCUT2D eigenvalue weighted by Crippen LogP contribution is -2.35. The van der Waals surface area contributed by atoms with Crippen molar-refractivity contribution in [3.05, 3.63) is 94.3 Å². The van der Waals surface area contributed by atoms with Crippen LogP contribution in [0.3, 0.4) is 0 Å². The van der Waals surface area contributed by atoms with Crippen LogP contribution in [0.4, 0.5) is 15.8 Å². The molecule has 2 aliphatic rings. The third-order valence-electron chi connectivity index (χ3n) is 7.43. The molecule has 2 amide bonds. The lowest BCUT2D eigenvalue weighted by atomic mass is 9.76. The molecule has 1 aliphatic heterocycles. The van der Waals surface area contributed by atoms with Gasteiger partial charge >= 0.3 is 0 Å². The Kier molecular flexibility index (Phi) is 7.21. The first kappa shape index (κ1) is 25.9. The Morgan fingerprint density at radius 1 is 1.05 bits per heavy atom. The van der Waals surface area contributed by atoms with E-state index in [4.69, 9.17) is 16.7 Å². The van der Waals surface area contributed by atoms with E-state index in [0.29, 0.717) is 17.8 Å². The van der Waals surface area contributed by atoms with Gasteiger partial charge in [0.05, 0.1) is 10.6 Å². The molecule has 0 radical (unpaired) electrons. The zero-order chi connectivity index (χ0) is 26.9. The third-order valence-corrected chi connectivity index (χ3v) is 7.76. The first-order chi connectivity index (χ1) is 18.3. The normalized spacial score (nSPS) is 19.8. The number of carbonyl (C=O) groups is 2. The van der Waals surface area contributed by atoms with Gasteiger partial charge in [-0.1, -0.05) is 29.8 Å². The van der Waals surface area contributed by atoms with Crippen LogP contribution in [0.1, 0.15) is 52.0 Å². The number of fused-ring (bicyclic) bond motifs is 1. The Morgan fingerprint density at radius 2 is 1.82 bits per heavy atom. The van der Waals surface area contributed by atoms with Gasteiger partial charge in [0, 0.05) is 48.7 Å². The van der Waals surface area contributed by atoms with Gasteiger partial charge in [-0.15, -0.1) is 0 Å². The number of para-hydroxylation sites is 1. The summed E-state index contributed by atoms with van der Waals surface area (Å²) in [7, 11) is 3.91. The van der Waals surface area contributed by atoms with Gasteiger partial charge in [-0.05, 0) is 86.2 Å². The number of benzene rings is 3. The summed E-state index contributed by atoms with van der Waals surface area (Å²) >= 11 is 6.06. The van der Waals surface area contributed by atoms with Gasteiger partial charge in [-0.25, -0.2) is 4.39 Å². The minimum Gasteiger partial charge on any atom is -0.322 e. The first-order valence-corrected chi connectivity index (χ1v) is 13.2. The maximum atomic E-state index is 13.8. The minimum absolute atomic E-state index is 0.0400. The fourth-order valence-corrected chi connectivity index (χ4v) is 5.82. The van der Waals surface area contributed by atoms with Gasteiger partial charge in [-0.3, -0.25) is 9.59 Å². The highest BCUT2D eigenvalue weighted by atomic mass is 35.5. The molecule has 1 saturated carbocycles. The van der Waals surface area contributed by atoms with Crippen LogP contribution in [0.2, 0.25) is 5.02 Å². The molecule has 6 nitrogen and oxygen atoms in total. The molecule has 5 rings (SSSR count). The number of nitrogens with zero attached hydrogens (tertiary/aromatic N) is 3. The zero-order valence-electron chi connectivity index (χ0n) is 21.5. The van der Waals surface area contributed by atoms with Crippen molar-refractivity contribution >= 4 is 40.5 Å². The van der Waals surface area contributed by atoms with E-state index in [1.807, 2.05) is 42.2 Å². The largest absolute Gasteiger partial charge is 0.322 e. The molecule has 1 aliphatic carbocycles. The molecule has 0 aromatic heterocycles. The Balaban J connectivity index is 1.37. The smallest absolute Gasteiger partial charge is 0.258 e. The highest BCUT2D eigenvalue weighted by Gasteiger charge is 2.43. The number of rotatable bonds is 4. The van der Waals surface area contributed by atoms with E-state index >= 15 is 0 Å². The van der Waals surface area contributed by atoms with Crippen LogP contribution in [-0.4, -0.2) is 43.2 Å². The van der Waals surface area contributed by atoms with E-state index in [1.165, 1.54) is 17.8 Å². The van der Waals surface area contributed by atoms with E-state index in [0.717, 1.165) is 49.4 Å². The van der Waals surface area contributed by atoms with Gasteiger partial charge in [0.25, 0.3) is 11.8 Å². The topological polar surface area (TPSA) is 65.0 Å². The average Bonchev–Trinajstić information content (AvgIpc) is 3.18. The molecule has 1 spiro atoms. The Bertz CT molecular complexity index is 1410. The minimum atomic E-state index is -0.544. The third kappa shape index (κ3) is 5.16. The SMILES string of the molecule is CN(C)N=C1CCCC12CCN(C(=O)c1ccc(NC(=O)c3cc(F)ccc3Cl)cc1)c1ccccc1C2. The van der Waals surface area contributed by atoms with Gasteiger partial charge in [0.15, 0.2) is 0 Å². The van der Waals surface area contributed by atoms with Crippen LogP contribution in [0.25, 0.3) is 0 Å². The predicted octanol–water partition coefficient (Wildman–Crippen LogP) is 6.41. The van der Waals surface area contributed by atoms with E-state index < -0.39 is 11.7 Å². The number of anilines is 2. The van der Waals surface area contributed by atoms with E-state index in [9.17, 15) is 14.0 Å². The van der Waals surface area contributed by atoms with Crippen molar-refractivity contribution in [1.29, 1.82) is 0 Å². The Morgan fingerprint density at radius 3 is 2.58 bits per heavy atom. The van der Waals surface area contributed by atoms with Crippen molar-refractivity contribution in [2.75, 3.05) is 30.9 Å². The summed E-state index contributed by atoms with van der Waals surface area (Å²) in [5.74, 6) is -1.16. The number of amides is 2. The van der Waals surface area contributed by atoms with Gasteiger partial charge in [0.1, 0.15) is 5.82 Å². The van der Waals surface area contributed by atoms with Crippen molar-refractivity contribution in [3.63, 3.8) is 0 Å². The second-order valence-electron chi connectivity index (χ2n) is 10.2. The number of carbonyl (C=O) groups excluding carboxylic acids is 2. The fourth-order valence-electron chi connectivity index (χ4n) is 5.62. The Labute approximate surface area is 227 Å². The molecular formula is C30H30ClFN4O2. The summed E-state index contributed by atoms with van der Waals surface area (Å²) in [6.45, 7) is 0.596. The first-order valence-electron chi connectivity index (χ1n) is 12.8. The van der Waals surface area contributed by atoms with Crippen molar-refractivity contribution in [2.24, 2.45) is 10.5 Å². The number of halogens is 2. The van der Waals surface area contributed by atoms with Crippen LogP contribution in [-0.2, 0) is 6.42 Å². The number of hydrazone groups is 1. The van der Waals surface area contributed by atoms with Crippen LogP contribution in [0.15, 0.2) is 71.8 Å². The Hall–Kier alpha value is -3.71. The highest BCUT2D eigenvalue weighted by molar-refractivity contribution is 6.34. The summed E-state index contributed by atoms with van der Waals surface area (Å²) in [5, 5.41) is 9.60. The highest BCUT2D eigenvalue weighted by Crippen LogP contribution is 2.46. The van der Waals surface area contributed by atoms with Gasteiger partial charge < -0.3 is 15.2 Å². The van der Waals surface area contributed by atoms with Crippen molar-refractivity contribution < 1.29 is 14.0 Å². The molecule has 0 saturated heterocycles. The maximum absolute atomic E-state index is 13.8. The monoisotopic (exact) mass is 532 g/mol. The number of hydrogen-bond acceptors (Lipinski definition) is 4. The standard InChI is InChI=1S/C30H30ClFN4O2/c1-35(2)34-27-8-5-15-30(27)16-17-36(26-7-4-3-6-21(26)19-30)29(38)20-9-12-23(13-10-20)33-28(37)24-18-22(32)11-14-25(24)31/h3-4,6-7,9-14,18H,5,8,15-17,19H2,1-2H3,(H,33,37). The van der Waals surface area contributed by atoms with Crippen LogP contribution in [0.5, 0.6) is 0 Å². The van der Waals surface area contributed by atoms with Gasteiger partial charge in [0.2, 0.25) is 0 Å². The molecular weight excluding hydrogens is 503 g/mol. The van der Waals surface area contributed by atoms with Crippen LogP contribution >= 0.6 is 11.6 Å². The summed E-state index contributed by atoms with van der Waals surface area (Å²) < 4.78 is 13.6. The summed E-state index contributed by atoms with van der Waals surface area (Å²) in [6, 6.07) is 18.5. The molecule has 1 N–H and O–H groups in total. The van der Waals surface area contributed by atoms with Crippen molar-refractivity contribution in [3.8, 4) is 0 Å². The average molecular weight is 533 g/mol. The lowest BCUT2D eigenvalue weighted by Gasteiger charge is -2.29. The molecule has 3 aromatic rings. The van der Waals surface area contributed by atoms with E-state index in [1.54, 1.807) is 24.3 Å². The van der Waals surface area contributed by atoms with E-state index in [-0.39, 0.29) is 21.9 Å². The maximum Gasteiger partial charge on any atom is 0.258 e. The van der Waals surface area contributed by atoms with Gasteiger partial charge in [-0.2, -0.15) is 5.10 Å². The second kappa shape index (κ2) is 10.6. The zero-order valence-corrected chi connectivity index (χ0v) is 22.3. The summed E-state index contributed by atoms with van der Waals surface area (Å²) in [4.78, 5) is 28.2. The molecule has 3 aromatic carbocycles. The molecule has 1 atom stereocenters.